The monoisotopic (exact) mass is 591 g/mol. The van der Waals surface area contributed by atoms with Crippen LogP contribution in [0.1, 0.15) is 49.1 Å². The van der Waals surface area contributed by atoms with Gasteiger partial charge in [0.15, 0.2) is 11.5 Å². The highest BCUT2D eigenvalue weighted by Crippen LogP contribution is 2.34. The zero-order valence-corrected chi connectivity index (χ0v) is 24.3. The molecule has 0 unspecified atom stereocenters. The Morgan fingerprint density at radius 1 is 1.13 bits per heavy atom. The van der Waals surface area contributed by atoms with Crippen LogP contribution >= 0.6 is 23.2 Å². The minimum Gasteiger partial charge on any atom is -0.382 e. The first-order valence-corrected chi connectivity index (χ1v) is 14.3. The van der Waals surface area contributed by atoms with Gasteiger partial charge in [-0.2, -0.15) is 13.5 Å². The van der Waals surface area contributed by atoms with Crippen LogP contribution in [0.5, 0.6) is 5.75 Å². The van der Waals surface area contributed by atoms with Crippen molar-refractivity contribution in [3.63, 3.8) is 0 Å². The van der Waals surface area contributed by atoms with Crippen LogP contribution in [0, 0.1) is 6.92 Å². The van der Waals surface area contributed by atoms with Crippen LogP contribution in [-0.2, 0) is 22.7 Å². The molecule has 11 nitrogen and oxygen atoms in total. The molecule has 0 fully saturated rings. The molecule has 39 heavy (non-hydrogen) atoms. The number of aromatic nitrogens is 6. The summed E-state index contributed by atoms with van der Waals surface area (Å²) in [4.78, 5) is 13.5. The minimum absolute atomic E-state index is 0.0884. The molecule has 2 aromatic carbocycles. The molecule has 1 amide bonds. The van der Waals surface area contributed by atoms with Crippen LogP contribution in [0.2, 0.25) is 10.0 Å². The summed E-state index contributed by atoms with van der Waals surface area (Å²) in [7, 11) is -2.01. The van der Waals surface area contributed by atoms with Crippen LogP contribution in [0.25, 0.3) is 16.9 Å². The van der Waals surface area contributed by atoms with Crippen LogP contribution in [0.15, 0.2) is 42.5 Å². The Balaban J connectivity index is 1.78. The molecule has 2 aromatic heterocycles. The fourth-order valence-electron chi connectivity index (χ4n) is 4.14. The fourth-order valence-corrected chi connectivity index (χ4v) is 5.62. The molecule has 0 aliphatic rings. The summed E-state index contributed by atoms with van der Waals surface area (Å²) in [6, 6.07) is 11.4. The van der Waals surface area contributed by atoms with E-state index < -0.39 is 21.6 Å². The summed E-state index contributed by atoms with van der Waals surface area (Å²) >= 11 is 12.6. The Labute approximate surface area is 236 Å². The maximum atomic E-state index is 13.5. The number of hydrogen-bond acceptors (Lipinski definition) is 8. The van der Waals surface area contributed by atoms with E-state index in [1.54, 1.807) is 81.9 Å². The lowest BCUT2D eigenvalue weighted by Crippen LogP contribution is -2.43. The van der Waals surface area contributed by atoms with Crippen molar-refractivity contribution in [2.24, 2.45) is 7.05 Å². The van der Waals surface area contributed by atoms with E-state index >= 15 is 0 Å². The van der Waals surface area contributed by atoms with Gasteiger partial charge in [-0.15, -0.1) is 5.10 Å². The molecule has 4 rings (SSSR count). The molecule has 0 aliphatic carbocycles. The third-order valence-corrected chi connectivity index (χ3v) is 7.78. The summed E-state index contributed by atoms with van der Waals surface area (Å²) in [6.45, 7) is 7.09. The Morgan fingerprint density at radius 3 is 2.41 bits per heavy atom. The van der Waals surface area contributed by atoms with Crippen molar-refractivity contribution in [2.45, 2.75) is 39.7 Å². The van der Waals surface area contributed by atoms with Crippen LogP contribution < -0.4 is 9.50 Å². The average Bonchev–Trinajstić information content (AvgIpc) is 3.43. The third kappa shape index (κ3) is 6.07. The SMILES string of the molecule is CCCS(=O)(=O)Oc1ccc(-c2c(C)c(C(=O)NC(C)(C)c3nnnn3C)nn2-c2ccc(Cl)cc2Cl)cc1. The second-order valence-corrected chi connectivity index (χ2v) is 11.9. The van der Waals surface area contributed by atoms with Crippen molar-refractivity contribution < 1.29 is 17.4 Å². The first-order chi connectivity index (χ1) is 18.3. The van der Waals surface area contributed by atoms with E-state index in [1.807, 2.05) is 0 Å². The van der Waals surface area contributed by atoms with Gasteiger partial charge in [-0.3, -0.25) is 4.79 Å². The van der Waals surface area contributed by atoms with Crippen LogP contribution in [0.4, 0.5) is 0 Å². The van der Waals surface area contributed by atoms with Crippen molar-refractivity contribution in [3.8, 4) is 22.7 Å². The number of benzene rings is 2. The predicted octanol–water partition coefficient (Wildman–Crippen LogP) is 4.46. The van der Waals surface area contributed by atoms with Gasteiger partial charge in [0, 0.05) is 23.2 Å². The maximum absolute atomic E-state index is 13.5. The largest absolute Gasteiger partial charge is 0.382 e. The molecule has 14 heteroatoms. The number of hydrogen-bond donors (Lipinski definition) is 1. The van der Waals surface area contributed by atoms with E-state index in [0.717, 1.165) is 0 Å². The smallest absolute Gasteiger partial charge is 0.309 e. The fraction of sp³-hybridized carbons (Fsp3) is 0.320. The molecule has 2 heterocycles. The van der Waals surface area contributed by atoms with E-state index in [1.165, 1.54) is 4.68 Å². The van der Waals surface area contributed by atoms with Gasteiger partial charge in [-0.1, -0.05) is 30.1 Å². The number of carbonyl (C=O) groups excluding carboxylic acids is 1. The average molecular weight is 593 g/mol. The summed E-state index contributed by atoms with van der Waals surface area (Å²) < 4.78 is 32.4. The quantitative estimate of drug-likeness (QED) is 0.282. The Morgan fingerprint density at radius 2 is 1.82 bits per heavy atom. The highest BCUT2D eigenvalue weighted by atomic mass is 35.5. The lowest BCUT2D eigenvalue weighted by molar-refractivity contribution is 0.0900. The number of tetrazole rings is 1. The molecule has 0 saturated heterocycles. The molecule has 0 bridgehead atoms. The number of nitrogens with zero attached hydrogens (tertiary/aromatic N) is 6. The van der Waals surface area contributed by atoms with E-state index in [2.05, 4.69) is 25.9 Å². The molecular weight excluding hydrogens is 565 g/mol. The minimum atomic E-state index is -3.69. The van der Waals surface area contributed by atoms with Gasteiger partial charge in [-0.05, 0) is 80.1 Å². The van der Waals surface area contributed by atoms with Gasteiger partial charge in [0.2, 0.25) is 0 Å². The van der Waals surface area contributed by atoms with Crippen molar-refractivity contribution in [1.29, 1.82) is 0 Å². The molecule has 0 atom stereocenters. The lowest BCUT2D eigenvalue weighted by atomic mass is 10.0. The van der Waals surface area contributed by atoms with E-state index in [-0.39, 0.29) is 17.2 Å². The molecule has 0 aliphatic heterocycles. The summed E-state index contributed by atoms with van der Waals surface area (Å²) in [5.74, 6) is 0.103. The number of halogens is 2. The van der Waals surface area contributed by atoms with Crippen molar-refractivity contribution >= 4 is 39.2 Å². The normalized spacial score (nSPS) is 12.0. The topological polar surface area (TPSA) is 134 Å². The number of rotatable bonds is 9. The molecule has 0 spiro atoms. The lowest BCUT2D eigenvalue weighted by Gasteiger charge is -2.23. The van der Waals surface area contributed by atoms with E-state index in [9.17, 15) is 13.2 Å². The summed E-state index contributed by atoms with van der Waals surface area (Å²) in [5, 5.41) is 19.9. The number of amides is 1. The Hall–Kier alpha value is -3.48. The highest BCUT2D eigenvalue weighted by molar-refractivity contribution is 7.87. The maximum Gasteiger partial charge on any atom is 0.309 e. The molecule has 4 aromatic rings. The van der Waals surface area contributed by atoms with E-state index in [0.29, 0.717) is 44.8 Å². The van der Waals surface area contributed by atoms with Gasteiger partial charge in [0.25, 0.3) is 5.91 Å². The van der Waals surface area contributed by atoms with Gasteiger partial charge < -0.3 is 9.50 Å². The molecule has 1 N–H and O–H groups in total. The van der Waals surface area contributed by atoms with Gasteiger partial charge in [-0.25, -0.2) is 9.36 Å². The number of nitrogens with one attached hydrogen (secondary N) is 1. The van der Waals surface area contributed by atoms with Crippen molar-refractivity contribution in [2.75, 3.05) is 5.75 Å². The van der Waals surface area contributed by atoms with E-state index in [4.69, 9.17) is 27.4 Å². The number of aryl methyl sites for hydroxylation is 1. The molecule has 0 saturated carbocycles. The Bertz CT molecular complexity index is 1630. The summed E-state index contributed by atoms with van der Waals surface area (Å²) in [5.41, 5.74) is 1.54. The van der Waals surface area contributed by atoms with Gasteiger partial charge >= 0.3 is 10.1 Å². The molecular formula is C25H27Cl2N7O4S. The van der Waals surface area contributed by atoms with Crippen molar-refractivity contribution in [3.05, 3.63) is 69.6 Å². The summed E-state index contributed by atoms with van der Waals surface area (Å²) in [6.07, 6.45) is 0.440. The second-order valence-electron chi connectivity index (χ2n) is 9.40. The van der Waals surface area contributed by atoms with Crippen LogP contribution in [0.3, 0.4) is 0 Å². The predicted molar refractivity (Wildman–Crippen MR) is 148 cm³/mol. The van der Waals surface area contributed by atoms with Gasteiger partial charge in [0.05, 0.1) is 27.7 Å². The first-order valence-electron chi connectivity index (χ1n) is 12.0. The third-order valence-electron chi connectivity index (χ3n) is 5.89. The molecule has 0 radical (unpaired) electrons. The van der Waals surface area contributed by atoms with Crippen molar-refractivity contribution in [1.82, 2.24) is 35.3 Å². The first kappa shape index (κ1) is 28.5. The van der Waals surface area contributed by atoms with Gasteiger partial charge in [0.1, 0.15) is 5.75 Å². The Kier molecular flexibility index (Phi) is 8.01. The standard InChI is InChI=1S/C25H27Cl2N7O4S/c1-6-13-39(36,37)38-18-10-7-16(8-11-18)22-15(2)21(30-34(22)20-12-9-17(26)14-19(20)27)23(35)28-25(3,4)24-29-31-32-33(24)5/h7-12,14H,6,13H2,1-5H3,(H,28,35). The highest BCUT2D eigenvalue weighted by Gasteiger charge is 2.32. The zero-order valence-electron chi connectivity index (χ0n) is 21.9. The zero-order chi connectivity index (χ0) is 28.5. The van der Waals surface area contributed by atoms with Crippen LogP contribution in [-0.4, -0.2) is 50.1 Å². The number of carbonyl (C=O) groups is 1. The molecule has 206 valence electrons. The second kappa shape index (κ2) is 10.9.